The van der Waals surface area contributed by atoms with E-state index in [1.54, 1.807) is 27.7 Å². The molecule has 5 atom stereocenters. The number of carboxylic acid groups (broad SMARTS) is 1. The summed E-state index contributed by atoms with van der Waals surface area (Å²) in [6, 6.07) is 0. The Labute approximate surface area is 134 Å². The van der Waals surface area contributed by atoms with Gasteiger partial charge in [0.25, 0.3) is 0 Å². The predicted octanol–water partition coefficient (Wildman–Crippen LogP) is -0.765. The molecule has 0 fully saturated rings. The molecule has 0 spiro atoms. The lowest BCUT2D eigenvalue weighted by Crippen LogP contribution is -2.52. The van der Waals surface area contributed by atoms with Gasteiger partial charge in [0.15, 0.2) is 0 Å². The second kappa shape index (κ2) is 7.29. The molecular formula is C15H25NO7. The first-order valence-corrected chi connectivity index (χ1v) is 7.39. The summed E-state index contributed by atoms with van der Waals surface area (Å²) >= 11 is 0. The van der Waals surface area contributed by atoms with Crippen molar-refractivity contribution in [3.63, 3.8) is 0 Å². The molecule has 8 nitrogen and oxygen atoms in total. The van der Waals surface area contributed by atoms with Crippen molar-refractivity contribution >= 4 is 11.9 Å². The van der Waals surface area contributed by atoms with Crippen LogP contribution in [0.25, 0.3) is 0 Å². The van der Waals surface area contributed by atoms with E-state index in [2.05, 4.69) is 5.32 Å². The van der Waals surface area contributed by atoms with Crippen LogP contribution in [0.2, 0.25) is 0 Å². The van der Waals surface area contributed by atoms with Crippen molar-refractivity contribution in [2.45, 2.75) is 52.1 Å². The summed E-state index contributed by atoms with van der Waals surface area (Å²) in [5.74, 6) is -2.78. The summed E-state index contributed by atoms with van der Waals surface area (Å²) in [4.78, 5) is 22.7. The van der Waals surface area contributed by atoms with Gasteiger partial charge in [-0.1, -0.05) is 27.7 Å². The molecule has 8 heteroatoms. The standard InChI is InChI=1S/C15H25NO7/c1-7-8(17)5-10(13(20)21)23-12(7)11(19)9(18)6-16-14(22)15(2,3)4/h5,7-9,11-12,17-19H,6H2,1-4H3,(H,16,22)(H,20,21)/t7-,8?,9+,11+,12?/m1/s1. The first-order chi connectivity index (χ1) is 10.4. The summed E-state index contributed by atoms with van der Waals surface area (Å²) in [5.41, 5.74) is -0.644. The molecule has 1 heterocycles. The van der Waals surface area contributed by atoms with Crippen molar-refractivity contribution in [2.75, 3.05) is 6.54 Å². The zero-order chi connectivity index (χ0) is 17.9. The highest BCUT2D eigenvalue weighted by molar-refractivity contribution is 5.84. The van der Waals surface area contributed by atoms with E-state index in [-0.39, 0.29) is 12.5 Å². The van der Waals surface area contributed by atoms with Gasteiger partial charge in [0.2, 0.25) is 11.7 Å². The molecule has 1 amide bonds. The third kappa shape index (κ3) is 4.92. The summed E-state index contributed by atoms with van der Waals surface area (Å²) in [7, 11) is 0. The van der Waals surface area contributed by atoms with E-state index in [0.717, 1.165) is 6.08 Å². The lowest BCUT2D eigenvalue weighted by molar-refractivity contribution is -0.149. The molecule has 23 heavy (non-hydrogen) atoms. The predicted molar refractivity (Wildman–Crippen MR) is 80.2 cm³/mol. The van der Waals surface area contributed by atoms with Crippen LogP contribution < -0.4 is 5.32 Å². The molecule has 0 aromatic carbocycles. The van der Waals surface area contributed by atoms with Crippen LogP contribution in [-0.4, -0.2) is 63.3 Å². The van der Waals surface area contributed by atoms with Crippen LogP contribution in [0.15, 0.2) is 11.8 Å². The molecule has 2 unspecified atom stereocenters. The average Bonchev–Trinajstić information content (AvgIpc) is 2.44. The van der Waals surface area contributed by atoms with Gasteiger partial charge in [0.1, 0.15) is 18.3 Å². The number of carboxylic acids is 1. The molecule has 1 aliphatic heterocycles. The number of nitrogens with one attached hydrogen (secondary N) is 1. The molecular weight excluding hydrogens is 306 g/mol. The Hall–Kier alpha value is -1.64. The number of carbonyl (C=O) groups is 2. The number of aliphatic hydroxyl groups is 3. The van der Waals surface area contributed by atoms with E-state index < -0.39 is 47.5 Å². The third-order valence-corrected chi connectivity index (χ3v) is 3.74. The summed E-state index contributed by atoms with van der Waals surface area (Å²) in [5, 5.41) is 41.5. The number of hydrogen-bond donors (Lipinski definition) is 5. The maximum absolute atomic E-state index is 11.8. The number of amides is 1. The lowest BCUT2D eigenvalue weighted by Gasteiger charge is -2.36. The lowest BCUT2D eigenvalue weighted by atomic mass is 9.89. The Morgan fingerprint density at radius 2 is 1.91 bits per heavy atom. The molecule has 0 saturated carbocycles. The maximum atomic E-state index is 11.8. The van der Waals surface area contributed by atoms with Gasteiger partial charge in [-0.2, -0.15) is 0 Å². The fraction of sp³-hybridized carbons (Fsp3) is 0.733. The molecule has 1 aliphatic rings. The van der Waals surface area contributed by atoms with Gasteiger partial charge in [-0.3, -0.25) is 4.79 Å². The molecule has 1 rings (SSSR count). The molecule has 0 aliphatic carbocycles. The minimum atomic E-state index is -1.47. The summed E-state index contributed by atoms with van der Waals surface area (Å²) in [6.45, 7) is 6.47. The number of carbonyl (C=O) groups excluding carboxylic acids is 1. The maximum Gasteiger partial charge on any atom is 0.370 e. The van der Waals surface area contributed by atoms with E-state index in [0.29, 0.717) is 0 Å². The number of hydrogen-bond acceptors (Lipinski definition) is 6. The monoisotopic (exact) mass is 331 g/mol. The summed E-state index contributed by atoms with van der Waals surface area (Å²) in [6.07, 6.45) is -4.02. The highest BCUT2D eigenvalue weighted by Gasteiger charge is 2.40. The van der Waals surface area contributed by atoms with Crippen LogP contribution in [0.4, 0.5) is 0 Å². The molecule has 132 valence electrons. The first-order valence-electron chi connectivity index (χ1n) is 7.39. The second-order valence-electron chi connectivity index (χ2n) is 6.79. The number of ether oxygens (including phenoxy) is 1. The summed E-state index contributed by atoms with van der Waals surface area (Å²) < 4.78 is 5.17. The van der Waals surface area contributed by atoms with Crippen molar-refractivity contribution in [3.05, 3.63) is 11.8 Å². The third-order valence-electron chi connectivity index (χ3n) is 3.74. The number of aliphatic hydroxyl groups excluding tert-OH is 3. The van der Waals surface area contributed by atoms with Crippen molar-refractivity contribution in [3.8, 4) is 0 Å². The van der Waals surface area contributed by atoms with E-state index in [1.165, 1.54) is 0 Å². The van der Waals surface area contributed by atoms with Crippen LogP contribution in [0, 0.1) is 11.3 Å². The Kier molecular flexibility index (Phi) is 6.15. The largest absolute Gasteiger partial charge is 0.480 e. The molecule has 0 saturated heterocycles. The van der Waals surface area contributed by atoms with Crippen molar-refractivity contribution in [2.24, 2.45) is 11.3 Å². The van der Waals surface area contributed by atoms with Gasteiger partial charge < -0.3 is 30.5 Å². The first kappa shape index (κ1) is 19.4. The van der Waals surface area contributed by atoms with Gasteiger partial charge in [0, 0.05) is 17.9 Å². The van der Waals surface area contributed by atoms with Crippen molar-refractivity contribution in [1.82, 2.24) is 5.32 Å². The minimum Gasteiger partial charge on any atom is -0.480 e. The fourth-order valence-corrected chi connectivity index (χ4v) is 2.10. The second-order valence-corrected chi connectivity index (χ2v) is 6.79. The van der Waals surface area contributed by atoms with E-state index >= 15 is 0 Å². The SMILES string of the molecule is C[C@@H]1C(O)C=C(C(=O)O)OC1[C@@H](O)[C@@H](O)CNC(=O)C(C)(C)C. The topological polar surface area (TPSA) is 136 Å². The van der Waals surface area contributed by atoms with Gasteiger partial charge in [-0.05, 0) is 6.08 Å². The van der Waals surface area contributed by atoms with Gasteiger partial charge in [-0.25, -0.2) is 4.79 Å². The zero-order valence-electron chi connectivity index (χ0n) is 13.7. The van der Waals surface area contributed by atoms with Crippen LogP contribution in [-0.2, 0) is 14.3 Å². The van der Waals surface area contributed by atoms with Crippen molar-refractivity contribution < 1.29 is 34.8 Å². The van der Waals surface area contributed by atoms with Gasteiger partial charge in [0.05, 0.1) is 6.10 Å². The number of aliphatic carboxylic acids is 1. The van der Waals surface area contributed by atoms with Crippen molar-refractivity contribution in [1.29, 1.82) is 0 Å². The normalized spacial score (nSPS) is 27.4. The molecule has 5 N–H and O–H groups in total. The highest BCUT2D eigenvalue weighted by Crippen LogP contribution is 2.27. The van der Waals surface area contributed by atoms with Crippen LogP contribution in [0.5, 0.6) is 0 Å². The molecule has 0 radical (unpaired) electrons. The van der Waals surface area contributed by atoms with Gasteiger partial charge in [-0.15, -0.1) is 0 Å². The Morgan fingerprint density at radius 1 is 1.35 bits per heavy atom. The Bertz CT molecular complexity index is 483. The number of rotatable bonds is 5. The smallest absolute Gasteiger partial charge is 0.370 e. The quantitative estimate of drug-likeness (QED) is 0.446. The minimum absolute atomic E-state index is 0.216. The van der Waals surface area contributed by atoms with Crippen LogP contribution in [0.1, 0.15) is 27.7 Å². The molecule has 0 aromatic heterocycles. The highest BCUT2D eigenvalue weighted by atomic mass is 16.5. The van der Waals surface area contributed by atoms with E-state index in [9.17, 15) is 24.9 Å². The van der Waals surface area contributed by atoms with Gasteiger partial charge >= 0.3 is 5.97 Å². The van der Waals surface area contributed by atoms with Crippen LogP contribution in [0.3, 0.4) is 0 Å². The van der Waals surface area contributed by atoms with E-state index in [1.807, 2.05) is 0 Å². The molecule has 0 aromatic rings. The average molecular weight is 331 g/mol. The fourth-order valence-electron chi connectivity index (χ4n) is 2.10. The van der Waals surface area contributed by atoms with E-state index in [4.69, 9.17) is 9.84 Å². The Morgan fingerprint density at radius 3 is 2.39 bits per heavy atom. The van der Waals surface area contributed by atoms with Crippen LogP contribution >= 0.6 is 0 Å². The zero-order valence-corrected chi connectivity index (χ0v) is 13.7. The molecule has 0 bridgehead atoms. The Balaban J connectivity index is 2.72.